The number of thioether (sulfide) groups is 1. The Bertz CT molecular complexity index is 1010. The third kappa shape index (κ3) is 5.25. The van der Waals surface area contributed by atoms with Crippen LogP contribution in [0.2, 0.25) is 0 Å². The Morgan fingerprint density at radius 3 is 2.52 bits per heavy atom. The lowest BCUT2D eigenvalue weighted by Gasteiger charge is -2.11. The summed E-state index contributed by atoms with van der Waals surface area (Å²) in [5.41, 5.74) is 1.81. The number of ketones is 1. The Kier molecular flexibility index (Phi) is 6.06. The molecule has 0 spiro atoms. The van der Waals surface area contributed by atoms with Crippen molar-refractivity contribution >= 4 is 17.5 Å². The first kappa shape index (κ1) is 20.6. The first-order valence-electron chi connectivity index (χ1n) is 8.22. The molecule has 0 unspecified atom stereocenters. The van der Waals surface area contributed by atoms with Crippen LogP contribution in [-0.4, -0.2) is 39.5 Å². The molecule has 29 heavy (non-hydrogen) atoms. The second-order valence-electron chi connectivity index (χ2n) is 5.79. The average molecular weight is 424 g/mol. The van der Waals surface area contributed by atoms with Crippen molar-refractivity contribution in [3.8, 4) is 17.2 Å². The van der Waals surface area contributed by atoms with Gasteiger partial charge in [-0.3, -0.25) is 4.79 Å². The summed E-state index contributed by atoms with van der Waals surface area (Å²) in [5.74, 6) is 0.634. The van der Waals surface area contributed by atoms with Gasteiger partial charge >= 0.3 is 6.36 Å². The molecule has 0 aliphatic rings. The second kappa shape index (κ2) is 8.52. The molecule has 0 saturated carbocycles. The number of aromatic nitrogens is 4. The molecule has 3 rings (SSSR count). The van der Waals surface area contributed by atoms with Crippen molar-refractivity contribution in [2.24, 2.45) is 0 Å². The summed E-state index contributed by atoms with van der Waals surface area (Å²) < 4.78 is 47.4. The number of nitrogens with zero attached hydrogens (tertiary/aromatic N) is 4. The lowest BCUT2D eigenvalue weighted by molar-refractivity contribution is -0.274. The largest absolute Gasteiger partial charge is 0.573 e. The highest BCUT2D eigenvalue weighted by Gasteiger charge is 2.31. The van der Waals surface area contributed by atoms with Crippen LogP contribution in [-0.2, 0) is 5.75 Å². The van der Waals surface area contributed by atoms with Gasteiger partial charge in [0.05, 0.1) is 12.8 Å². The zero-order valence-electron chi connectivity index (χ0n) is 15.3. The lowest BCUT2D eigenvalue weighted by Crippen LogP contribution is -2.17. The van der Waals surface area contributed by atoms with Crippen molar-refractivity contribution in [3.63, 3.8) is 0 Å². The number of carbonyl (C=O) groups is 1. The fraction of sp³-hybridized carbons (Fsp3) is 0.222. The van der Waals surface area contributed by atoms with E-state index < -0.39 is 6.36 Å². The number of rotatable bonds is 7. The van der Waals surface area contributed by atoms with Crippen molar-refractivity contribution in [1.82, 2.24) is 20.2 Å². The molecule has 0 saturated heterocycles. The smallest absolute Gasteiger partial charge is 0.496 e. The molecule has 2 aromatic carbocycles. The molecule has 0 fully saturated rings. The zero-order valence-corrected chi connectivity index (χ0v) is 16.1. The molecule has 1 aromatic heterocycles. The third-order valence-corrected chi connectivity index (χ3v) is 4.77. The lowest BCUT2D eigenvalue weighted by atomic mass is 10.1. The topological polar surface area (TPSA) is 79.1 Å². The first-order valence-corrected chi connectivity index (χ1v) is 9.20. The highest BCUT2D eigenvalue weighted by Crippen LogP contribution is 2.29. The van der Waals surface area contributed by atoms with Crippen molar-refractivity contribution in [3.05, 3.63) is 53.6 Å². The van der Waals surface area contributed by atoms with Crippen LogP contribution in [0.5, 0.6) is 11.5 Å². The number of hydrogen-bond donors (Lipinski definition) is 0. The van der Waals surface area contributed by atoms with Gasteiger partial charge in [-0.25, -0.2) is 0 Å². The van der Waals surface area contributed by atoms with E-state index >= 15 is 0 Å². The van der Waals surface area contributed by atoms with Crippen molar-refractivity contribution in [2.45, 2.75) is 24.2 Å². The number of tetrazole rings is 1. The molecule has 0 aliphatic heterocycles. The number of carbonyl (C=O) groups excluding carboxylic acids is 1. The van der Waals surface area contributed by atoms with Crippen molar-refractivity contribution in [1.29, 1.82) is 0 Å². The average Bonchev–Trinajstić information content (AvgIpc) is 3.14. The second-order valence-corrected chi connectivity index (χ2v) is 6.73. The van der Waals surface area contributed by atoms with E-state index in [0.29, 0.717) is 27.9 Å². The molecule has 0 aliphatic carbocycles. The molecule has 0 N–H and O–H groups in total. The molecule has 1 heterocycles. The molecule has 0 radical (unpaired) electrons. The molecule has 0 atom stereocenters. The number of benzene rings is 2. The van der Waals surface area contributed by atoms with E-state index in [-0.39, 0.29) is 11.5 Å². The van der Waals surface area contributed by atoms with Crippen molar-refractivity contribution in [2.75, 3.05) is 7.11 Å². The van der Waals surface area contributed by atoms with E-state index in [1.807, 2.05) is 0 Å². The number of halogens is 3. The first-order chi connectivity index (χ1) is 13.8. The van der Waals surface area contributed by atoms with Crippen LogP contribution in [0, 0.1) is 0 Å². The molecule has 152 valence electrons. The SMILES string of the molecule is COc1ccc(C(C)=O)cc1CSc1nnnn1-c1ccc(OC(F)(F)F)cc1. The summed E-state index contributed by atoms with van der Waals surface area (Å²) in [6.45, 7) is 1.48. The Balaban J connectivity index is 1.78. The predicted octanol–water partition coefficient (Wildman–Crippen LogP) is 4.06. The number of methoxy groups -OCH3 is 1. The Labute approximate surface area is 167 Å². The van der Waals surface area contributed by atoms with Gasteiger partial charge in [0.15, 0.2) is 5.78 Å². The Hall–Kier alpha value is -3.08. The molecular formula is C18H15F3N4O3S. The fourth-order valence-corrected chi connectivity index (χ4v) is 3.34. The number of Topliss-reactive ketones (excluding diaryl/α,β-unsaturated/α-hetero) is 1. The highest BCUT2D eigenvalue weighted by molar-refractivity contribution is 7.98. The van der Waals surface area contributed by atoms with Crippen LogP contribution in [0.1, 0.15) is 22.8 Å². The van der Waals surface area contributed by atoms with Crippen molar-refractivity contribution < 1.29 is 27.4 Å². The maximum atomic E-state index is 12.3. The van der Waals surface area contributed by atoms with Gasteiger partial charge in [0.25, 0.3) is 0 Å². The van der Waals surface area contributed by atoms with Crippen LogP contribution in [0.4, 0.5) is 13.2 Å². The summed E-state index contributed by atoms with van der Waals surface area (Å²) in [4.78, 5) is 11.6. The van der Waals surface area contributed by atoms with E-state index in [4.69, 9.17) is 4.74 Å². The minimum absolute atomic E-state index is 0.0649. The normalized spacial score (nSPS) is 11.3. The van der Waals surface area contributed by atoms with Gasteiger partial charge in [0.1, 0.15) is 11.5 Å². The summed E-state index contributed by atoms with van der Waals surface area (Å²) >= 11 is 1.29. The van der Waals surface area contributed by atoms with Gasteiger partial charge in [-0.1, -0.05) is 11.8 Å². The molecule has 3 aromatic rings. The van der Waals surface area contributed by atoms with Gasteiger partial charge in [-0.2, -0.15) is 4.68 Å². The molecule has 11 heteroatoms. The van der Waals surface area contributed by atoms with Gasteiger partial charge in [0.2, 0.25) is 5.16 Å². The standard InChI is InChI=1S/C18H15F3N4O3S/c1-11(26)12-3-8-16(27-2)13(9-12)10-29-17-22-23-24-25(17)14-4-6-15(7-5-14)28-18(19,20)21/h3-9H,10H2,1-2H3. The van der Waals surface area contributed by atoms with Crippen LogP contribution >= 0.6 is 11.8 Å². The fourth-order valence-electron chi connectivity index (χ4n) is 2.47. The predicted molar refractivity (Wildman–Crippen MR) is 98.4 cm³/mol. The molecule has 7 nitrogen and oxygen atoms in total. The van der Waals surface area contributed by atoms with E-state index in [0.717, 1.165) is 5.56 Å². The highest BCUT2D eigenvalue weighted by atomic mass is 32.2. The number of ether oxygens (including phenoxy) is 2. The minimum atomic E-state index is -4.76. The van der Waals surface area contributed by atoms with Gasteiger partial charge < -0.3 is 9.47 Å². The third-order valence-electron chi connectivity index (χ3n) is 3.80. The van der Waals surface area contributed by atoms with E-state index in [2.05, 4.69) is 20.3 Å². The van der Waals surface area contributed by atoms with Crippen LogP contribution in [0.3, 0.4) is 0 Å². The van der Waals surface area contributed by atoms with E-state index in [1.165, 1.54) is 54.7 Å². The zero-order chi connectivity index (χ0) is 21.0. The summed E-state index contributed by atoms with van der Waals surface area (Å²) in [5, 5.41) is 11.9. The van der Waals surface area contributed by atoms with Crippen LogP contribution in [0.15, 0.2) is 47.6 Å². The van der Waals surface area contributed by atoms with Gasteiger partial charge in [-0.15, -0.1) is 18.3 Å². The maximum Gasteiger partial charge on any atom is 0.573 e. The Morgan fingerprint density at radius 1 is 1.17 bits per heavy atom. The molecular weight excluding hydrogens is 409 g/mol. The summed E-state index contributed by atoms with van der Waals surface area (Å²) in [6, 6.07) is 10.3. The maximum absolute atomic E-state index is 12.3. The van der Waals surface area contributed by atoms with E-state index in [9.17, 15) is 18.0 Å². The van der Waals surface area contributed by atoms with Crippen LogP contribution < -0.4 is 9.47 Å². The Morgan fingerprint density at radius 2 is 1.90 bits per heavy atom. The van der Waals surface area contributed by atoms with Gasteiger partial charge in [-0.05, 0) is 59.8 Å². The summed E-state index contributed by atoms with van der Waals surface area (Å²) in [6.07, 6.45) is -4.76. The molecule has 0 amide bonds. The van der Waals surface area contributed by atoms with Gasteiger partial charge in [0, 0.05) is 16.9 Å². The monoisotopic (exact) mass is 424 g/mol. The van der Waals surface area contributed by atoms with Crippen LogP contribution in [0.25, 0.3) is 5.69 Å². The minimum Gasteiger partial charge on any atom is -0.496 e. The number of hydrogen-bond acceptors (Lipinski definition) is 7. The summed E-state index contributed by atoms with van der Waals surface area (Å²) in [7, 11) is 1.53. The number of alkyl halides is 3. The quantitative estimate of drug-likeness (QED) is 0.418. The molecule has 0 bridgehead atoms. The van der Waals surface area contributed by atoms with E-state index in [1.54, 1.807) is 18.2 Å².